The zero-order valence-electron chi connectivity index (χ0n) is 14.0. The van der Waals surface area contributed by atoms with Crippen molar-refractivity contribution < 1.29 is 27.8 Å². The Morgan fingerprint density at radius 1 is 1.19 bits per heavy atom. The number of aromatic nitrogens is 3. The third kappa shape index (κ3) is 4.05. The van der Waals surface area contributed by atoms with E-state index < -0.39 is 17.8 Å². The van der Waals surface area contributed by atoms with Crippen molar-refractivity contribution in [2.75, 3.05) is 7.11 Å². The number of imidazole rings is 1. The number of ether oxygens (including phenoxy) is 2. The Hall–Kier alpha value is -3.43. The number of pyridine rings is 1. The summed E-state index contributed by atoms with van der Waals surface area (Å²) >= 11 is 0. The summed E-state index contributed by atoms with van der Waals surface area (Å²) in [5, 5.41) is 10.1. The van der Waals surface area contributed by atoms with Gasteiger partial charge in [0.1, 0.15) is 11.5 Å². The summed E-state index contributed by atoms with van der Waals surface area (Å²) in [5.41, 5.74) is 0.281. The number of benzene rings is 1. The van der Waals surface area contributed by atoms with E-state index >= 15 is 0 Å². The molecule has 0 aliphatic heterocycles. The summed E-state index contributed by atoms with van der Waals surface area (Å²) < 4.78 is 47.9. The van der Waals surface area contributed by atoms with E-state index in [-0.39, 0.29) is 18.1 Å². The maximum atomic E-state index is 12.6. The lowest BCUT2D eigenvalue weighted by Crippen LogP contribution is -2.23. The van der Waals surface area contributed by atoms with E-state index in [0.29, 0.717) is 11.3 Å². The van der Waals surface area contributed by atoms with E-state index in [2.05, 4.69) is 9.72 Å². The molecule has 0 aliphatic carbocycles. The zero-order valence-corrected chi connectivity index (χ0v) is 14.0. The first kappa shape index (κ1) is 18.4. The number of aromatic hydroxyl groups is 1. The monoisotopic (exact) mass is 381 g/mol. The van der Waals surface area contributed by atoms with Crippen LogP contribution in [0.1, 0.15) is 5.56 Å². The first-order valence-electron chi connectivity index (χ1n) is 7.62. The molecule has 3 rings (SSSR count). The highest BCUT2D eigenvalue weighted by Crippen LogP contribution is 2.25. The number of hydrogen-bond acceptors (Lipinski definition) is 5. The highest BCUT2D eigenvalue weighted by atomic mass is 19.4. The molecule has 0 saturated heterocycles. The average Bonchev–Trinajstić information content (AvgIpc) is 2.88. The summed E-state index contributed by atoms with van der Waals surface area (Å²) in [7, 11) is 1.47. The second-order valence-electron chi connectivity index (χ2n) is 5.46. The largest absolute Gasteiger partial charge is 0.573 e. The van der Waals surface area contributed by atoms with Crippen LogP contribution in [0.4, 0.5) is 13.2 Å². The standard InChI is InChI=1S/C17H14F3N3O4/c1-26-14-8-21-7-6-11(14)9-22-10-15(24)23(16(22)25)12-2-4-13(5-3-12)27-17(18,19)20/h2-8,10,24H,9H2,1H3. The molecule has 142 valence electrons. The Morgan fingerprint density at radius 2 is 1.89 bits per heavy atom. The van der Waals surface area contributed by atoms with Gasteiger partial charge in [0.2, 0.25) is 5.88 Å². The number of rotatable bonds is 5. The van der Waals surface area contributed by atoms with E-state index in [4.69, 9.17) is 4.74 Å². The average molecular weight is 381 g/mol. The van der Waals surface area contributed by atoms with Crippen molar-refractivity contribution in [1.82, 2.24) is 14.1 Å². The van der Waals surface area contributed by atoms with E-state index in [1.54, 1.807) is 12.3 Å². The van der Waals surface area contributed by atoms with Gasteiger partial charge in [-0.3, -0.25) is 9.55 Å². The first-order valence-corrected chi connectivity index (χ1v) is 7.62. The van der Waals surface area contributed by atoms with Gasteiger partial charge in [-0.25, -0.2) is 9.36 Å². The summed E-state index contributed by atoms with van der Waals surface area (Å²) in [6.07, 6.45) is -0.550. The van der Waals surface area contributed by atoms with Gasteiger partial charge < -0.3 is 14.6 Å². The molecule has 3 aromatic rings. The summed E-state index contributed by atoms with van der Waals surface area (Å²) in [5.74, 6) is -0.317. The Balaban J connectivity index is 1.91. The fraction of sp³-hybridized carbons (Fsp3) is 0.176. The Labute approximate surface area is 150 Å². The second kappa shape index (κ2) is 7.06. The van der Waals surface area contributed by atoms with Crippen LogP contribution in [0.25, 0.3) is 5.69 Å². The van der Waals surface area contributed by atoms with Crippen LogP contribution in [-0.2, 0) is 6.54 Å². The van der Waals surface area contributed by atoms with Crippen molar-refractivity contribution in [2.45, 2.75) is 12.9 Å². The number of nitrogens with zero attached hydrogens (tertiary/aromatic N) is 3. The number of hydrogen-bond donors (Lipinski definition) is 1. The lowest BCUT2D eigenvalue weighted by atomic mass is 10.2. The molecule has 0 unspecified atom stereocenters. The van der Waals surface area contributed by atoms with Crippen LogP contribution in [0.3, 0.4) is 0 Å². The minimum atomic E-state index is -4.81. The number of halogens is 3. The highest BCUT2D eigenvalue weighted by molar-refractivity contribution is 5.40. The van der Waals surface area contributed by atoms with E-state index in [9.17, 15) is 23.1 Å². The zero-order chi connectivity index (χ0) is 19.6. The van der Waals surface area contributed by atoms with Gasteiger partial charge in [-0.1, -0.05) is 0 Å². The topological polar surface area (TPSA) is 78.5 Å². The van der Waals surface area contributed by atoms with Gasteiger partial charge in [0, 0.05) is 11.8 Å². The quantitative estimate of drug-likeness (QED) is 0.735. The van der Waals surface area contributed by atoms with Crippen molar-refractivity contribution >= 4 is 0 Å². The molecule has 0 radical (unpaired) electrons. The molecule has 10 heteroatoms. The minimum Gasteiger partial charge on any atom is -0.495 e. The van der Waals surface area contributed by atoms with Crippen LogP contribution in [0.15, 0.2) is 53.7 Å². The molecule has 1 aromatic carbocycles. The molecule has 1 N–H and O–H groups in total. The van der Waals surface area contributed by atoms with Crippen molar-refractivity contribution in [2.24, 2.45) is 0 Å². The predicted molar refractivity (Wildman–Crippen MR) is 88.3 cm³/mol. The molecule has 0 amide bonds. The number of alkyl halides is 3. The molecule has 0 saturated carbocycles. The fourth-order valence-electron chi connectivity index (χ4n) is 2.54. The van der Waals surface area contributed by atoms with Gasteiger partial charge in [-0.2, -0.15) is 0 Å². The van der Waals surface area contributed by atoms with Crippen LogP contribution >= 0.6 is 0 Å². The number of methoxy groups -OCH3 is 1. The molecule has 0 atom stereocenters. The van der Waals surface area contributed by atoms with E-state index in [1.807, 2.05) is 0 Å². The van der Waals surface area contributed by atoms with Gasteiger partial charge in [0.15, 0.2) is 0 Å². The predicted octanol–water partition coefficient (Wildman–Crippen LogP) is 2.70. The maximum absolute atomic E-state index is 12.6. The second-order valence-corrected chi connectivity index (χ2v) is 5.46. The third-order valence-corrected chi connectivity index (χ3v) is 3.70. The van der Waals surface area contributed by atoms with Gasteiger partial charge >= 0.3 is 12.1 Å². The van der Waals surface area contributed by atoms with Gasteiger partial charge in [0.25, 0.3) is 0 Å². The molecule has 0 fully saturated rings. The molecule has 0 bridgehead atoms. The van der Waals surface area contributed by atoms with Gasteiger partial charge in [0.05, 0.1) is 31.7 Å². The van der Waals surface area contributed by atoms with Crippen molar-refractivity contribution in [3.8, 4) is 23.1 Å². The lowest BCUT2D eigenvalue weighted by Gasteiger charge is -2.09. The van der Waals surface area contributed by atoms with Crippen LogP contribution in [0.2, 0.25) is 0 Å². The lowest BCUT2D eigenvalue weighted by molar-refractivity contribution is -0.274. The fourth-order valence-corrected chi connectivity index (χ4v) is 2.54. The molecule has 2 aromatic heterocycles. The van der Waals surface area contributed by atoms with Gasteiger partial charge in [-0.05, 0) is 30.3 Å². The SMILES string of the molecule is COc1cnccc1Cn1cc(O)n(-c2ccc(OC(F)(F)F)cc2)c1=O. The van der Waals surface area contributed by atoms with Crippen LogP contribution < -0.4 is 15.2 Å². The van der Waals surface area contributed by atoms with Crippen LogP contribution in [0.5, 0.6) is 17.4 Å². The molecule has 0 spiro atoms. The van der Waals surface area contributed by atoms with Crippen molar-refractivity contribution in [3.63, 3.8) is 0 Å². The Morgan fingerprint density at radius 3 is 2.52 bits per heavy atom. The highest BCUT2D eigenvalue weighted by Gasteiger charge is 2.31. The molecule has 0 aliphatic rings. The molecule has 27 heavy (non-hydrogen) atoms. The van der Waals surface area contributed by atoms with Crippen molar-refractivity contribution in [1.29, 1.82) is 0 Å². The summed E-state index contributed by atoms with van der Waals surface area (Å²) in [4.78, 5) is 16.5. The van der Waals surface area contributed by atoms with E-state index in [1.165, 1.54) is 36.2 Å². The first-order chi connectivity index (χ1) is 12.8. The Kier molecular flexibility index (Phi) is 4.80. The van der Waals surface area contributed by atoms with Crippen LogP contribution in [-0.4, -0.2) is 32.7 Å². The molecule has 7 nitrogen and oxygen atoms in total. The smallest absolute Gasteiger partial charge is 0.495 e. The molecular formula is C17H14F3N3O4. The van der Waals surface area contributed by atoms with Gasteiger partial charge in [-0.15, -0.1) is 13.2 Å². The summed E-state index contributed by atoms with van der Waals surface area (Å²) in [6.45, 7) is 0.111. The molecular weight excluding hydrogens is 367 g/mol. The Bertz CT molecular complexity index is 994. The normalized spacial score (nSPS) is 11.4. The minimum absolute atomic E-state index is 0.111. The molecule has 2 heterocycles. The third-order valence-electron chi connectivity index (χ3n) is 3.70. The summed E-state index contributed by atoms with van der Waals surface area (Å²) in [6, 6.07) is 6.25. The van der Waals surface area contributed by atoms with Crippen LogP contribution in [0, 0.1) is 0 Å². The maximum Gasteiger partial charge on any atom is 0.573 e. The van der Waals surface area contributed by atoms with Crippen molar-refractivity contribution in [3.05, 3.63) is 65.0 Å². The van der Waals surface area contributed by atoms with E-state index in [0.717, 1.165) is 16.7 Å².